The summed E-state index contributed by atoms with van der Waals surface area (Å²) in [5, 5.41) is 6.71. The highest BCUT2D eigenvalue weighted by Gasteiger charge is 2.05. The van der Waals surface area contributed by atoms with Crippen LogP contribution < -0.4 is 10.3 Å². The topological polar surface area (TPSA) is 56.3 Å². The number of aromatic amines is 1. The molecule has 0 saturated heterocycles. The molecule has 0 fully saturated rings. The van der Waals surface area contributed by atoms with Crippen LogP contribution in [0.1, 0.15) is 11.4 Å². The third kappa shape index (κ3) is 4.86. The van der Waals surface area contributed by atoms with Gasteiger partial charge in [0.05, 0.1) is 23.8 Å². The number of hydrogen-bond donors (Lipinski definition) is 2. The first kappa shape index (κ1) is 20.5. The fraction of sp³-hybridized carbons (Fsp3) is 0.217. The minimum absolute atomic E-state index is 0.527. The molecule has 4 aromatic rings. The van der Waals surface area contributed by atoms with Crippen LogP contribution >= 0.6 is 23.2 Å². The van der Waals surface area contributed by atoms with Crippen LogP contribution in [0.5, 0.6) is 0 Å². The van der Waals surface area contributed by atoms with E-state index in [9.17, 15) is 0 Å². The molecule has 0 aliphatic rings. The third-order valence-electron chi connectivity index (χ3n) is 4.92. The lowest BCUT2D eigenvalue weighted by Gasteiger charge is -2.22. The Bertz CT molecular complexity index is 1080. The summed E-state index contributed by atoms with van der Waals surface area (Å²) in [6.45, 7) is 2.07. The monoisotopic (exact) mass is 439 g/mol. The summed E-state index contributed by atoms with van der Waals surface area (Å²) in [6.07, 6.45) is 1.80. The van der Waals surface area contributed by atoms with Gasteiger partial charge in [-0.2, -0.15) is 5.10 Å². The standard InChI is InChI=1S/C23H23Cl2N5/c24-9-11-30(12-10-25)20-7-5-17(6-8-20)15-26-27-16-23-28-21-13-18-3-1-2-4-19(18)14-22(21)29-23/h1-8,13-15,27H,9-12,16H2,(H,28,29)/b26-15-. The molecule has 0 atom stereocenters. The van der Waals surface area contributed by atoms with Gasteiger partial charge in [0.15, 0.2) is 0 Å². The molecule has 0 amide bonds. The molecule has 154 valence electrons. The van der Waals surface area contributed by atoms with Crippen molar-refractivity contribution in [1.82, 2.24) is 15.4 Å². The quantitative estimate of drug-likeness (QED) is 0.216. The molecule has 0 aliphatic heterocycles. The summed E-state index contributed by atoms with van der Waals surface area (Å²) in [6, 6.07) is 20.7. The van der Waals surface area contributed by atoms with Crippen LogP contribution in [0.25, 0.3) is 21.8 Å². The molecule has 5 nitrogen and oxygen atoms in total. The number of benzene rings is 3. The molecule has 0 radical (unpaired) electrons. The average molecular weight is 440 g/mol. The van der Waals surface area contributed by atoms with Crippen molar-refractivity contribution in [2.45, 2.75) is 6.54 Å². The number of H-pyrrole nitrogens is 1. The van der Waals surface area contributed by atoms with Crippen LogP contribution in [0.15, 0.2) is 65.8 Å². The molecule has 1 heterocycles. The lowest BCUT2D eigenvalue weighted by molar-refractivity contribution is 0.717. The smallest absolute Gasteiger partial charge is 0.128 e. The summed E-state index contributed by atoms with van der Waals surface area (Å²) in [7, 11) is 0. The van der Waals surface area contributed by atoms with Crippen molar-refractivity contribution >= 4 is 56.9 Å². The van der Waals surface area contributed by atoms with Crippen LogP contribution in [0.3, 0.4) is 0 Å². The molecule has 0 unspecified atom stereocenters. The minimum Gasteiger partial charge on any atom is -0.369 e. The molecule has 4 rings (SSSR count). The van der Waals surface area contributed by atoms with Crippen molar-refractivity contribution in [3.8, 4) is 0 Å². The lowest BCUT2D eigenvalue weighted by Crippen LogP contribution is -2.27. The van der Waals surface area contributed by atoms with Crippen LogP contribution in [0, 0.1) is 0 Å². The highest BCUT2D eigenvalue weighted by molar-refractivity contribution is 6.18. The SMILES string of the molecule is ClCCN(CCCl)c1ccc(/C=N\NCc2nc3cc4ccccc4cc3[nH]2)cc1. The number of imidazole rings is 1. The molecular formula is C23H23Cl2N5. The van der Waals surface area contributed by atoms with Crippen molar-refractivity contribution in [2.24, 2.45) is 5.10 Å². The summed E-state index contributed by atoms with van der Waals surface area (Å²) < 4.78 is 0. The maximum absolute atomic E-state index is 5.88. The Morgan fingerprint density at radius 2 is 1.67 bits per heavy atom. The van der Waals surface area contributed by atoms with Gasteiger partial charge in [-0.15, -0.1) is 23.2 Å². The van der Waals surface area contributed by atoms with Crippen LogP contribution in [-0.4, -0.2) is 41.0 Å². The Kier molecular flexibility index (Phi) is 6.72. The number of fused-ring (bicyclic) bond motifs is 2. The Morgan fingerprint density at radius 1 is 0.967 bits per heavy atom. The number of nitrogens with one attached hydrogen (secondary N) is 2. The van der Waals surface area contributed by atoms with Gasteiger partial charge < -0.3 is 15.3 Å². The third-order valence-corrected chi connectivity index (χ3v) is 5.25. The maximum atomic E-state index is 5.88. The van der Waals surface area contributed by atoms with Gasteiger partial charge in [-0.05, 0) is 40.6 Å². The Morgan fingerprint density at radius 3 is 2.37 bits per heavy atom. The van der Waals surface area contributed by atoms with E-state index in [1.807, 2.05) is 24.3 Å². The predicted molar refractivity (Wildman–Crippen MR) is 128 cm³/mol. The van der Waals surface area contributed by atoms with E-state index in [4.69, 9.17) is 23.2 Å². The molecule has 3 aromatic carbocycles. The van der Waals surface area contributed by atoms with E-state index < -0.39 is 0 Å². The number of alkyl halides is 2. The minimum atomic E-state index is 0.527. The zero-order chi connectivity index (χ0) is 20.8. The van der Waals surface area contributed by atoms with Gasteiger partial charge in [0.25, 0.3) is 0 Å². The highest BCUT2D eigenvalue weighted by Crippen LogP contribution is 2.21. The van der Waals surface area contributed by atoms with Gasteiger partial charge in [0, 0.05) is 30.5 Å². The fourth-order valence-electron chi connectivity index (χ4n) is 3.42. The second kappa shape index (κ2) is 9.83. The van der Waals surface area contributed by atoms with Gasteiger partial charge in [-0.25, -0.2) is 4.98 Å². The van der Waals surface area contributed by atoms with Crippen LogP contribution in [0.2, 0.25) is 0 Å². The number of halogens is 2. The Hall–Kier alpha value is -2.76. The van der Waals surface area contributed by atoms with E-state index in [0.29, 0.717) is 18.3 Å². The largest absolute Gasteiger partial charge is 0.369 e. The zero-order valence-corrected chi connectivity index (χ0v) is 18.0. The van der Waals surface area contributed by atoms with Crippen molar-refractivity contribution in [2.75, 3.05) is 29.7 Å². The molecule has 0 aliphatic carbocycles. The second-order valence-corrected chi connectivity index (χ2v) is 7.71. The number of rotatable bonds is 9. The average Bonchev–Trinajstić information content (AvgIpc) is 3.17. The van der Waals surface area contributed by atoms with Gasteiger partial charge >= 0.3 is 0 Å². The summed E-state index contributed by atoms with van der Waals surface area (Å²) in [5.41, 5.74) is 7.17. The second-order valence-electron chi connectivity index (χ2n) is 6.95. The number of nitrogens with zero attached hydrogens (tertiary/aromatic N) is 3. The van der Waals surface area contributed by atoms with Crippen molar-refractivity contribution in [3.05, 3.63) is 72.1 Å². The number of hydrazone groups is 1. The molecule has 30 heavy (non-hydrogen) atoms. The van der Waals surface area contributed by atoms with Crippen molar-refractivity contribution < 1.29 is 0 Å². The number of aromatic nitrogens is 2. The first-order valence-corrected chi connectivity index (χ1v) is 10.9. The van der Waals surface area contributed by atoms with Crippen molar-refractivity contribution in [1.29, 1.82) is 0 Å². The first-order chi connectivity index (χ1) is 14.8. The zero-order valence-electron chi connectivity index (χ0n) is 16.5. The van der Waals surface area contributed by atoms with Gasteiger partial charge in [0.1, 0.15) is 5.82 Å². The molecule has 0 saturated carbocycles. The van der Waals surface area contributed by atoms with Crippen LogP contribution in [-0.2, 0) is 6.54 Å². The first-order valence-electron chi connectivity index (χ1n) is 9.87. The normalized spacial score (nSPS) is 11.5. The predicted octanol–water partition coefficient (Wildman–Crippen LogP) is 5.12. The summed E-state index contributed by atoms with van der Waals surface area (Å²) in [5.74, 6) is 1.99. The van der Waals surface area contributed by atoms with E-state index in [0.717, 1.165) is 41.2 Å². The Balaban J connectivity index is 1.37. The van der Waals surface area contributed by atoms with Gasteiger partial charge in [0.2, 0.25) is 0 Å². The summed E-state index contributed by atoms with van der Waals surface area (Å²) in [4.78, 5) is 10.2. The molecule has 0 bridgehead atoms. The summed E-state index contributed by atoms with van der Waals surface area (Å²) >= 11 is 11.8. The Labute approximate surface area is 185 Å². The van der Waals surface area contributed by atoms with Crippen LogP contribution in [0.4, 0.5) is 5.69 Å². The van der Waals surface area contributed by atoms with Crippen molar-refractivity contribution in [3.63, 3.8) is 0 Å². The van der Waals surface area contributed by atoms with E-state index in [2.05, 4.69) is 61.8 Å². The van der Waals surface area contributed by atoms with E-state index in [1.165, 1.54) is 10.8 Å². The molecule has 1 aromatic heterocycles. The lowest BCUT2D eigenvalue weighted by atomic mass is 10.1. The molecule has 2 N–H and O–H groups in total. The van der Waals surface area contributed by atoms with Gasteiger partial charge in [-0.1, -0.05) is 36.4 Å². The highest BCUT2D eigenvalue weighted by atomic mass is 35.5. The van der Waals surface area contributed by atoms with E-state index in [-0.39, 0.29) is 0 Å². The van der Waals surface area contributed by atoms with E-state index >= 15 is 0 Å². The number of anilines is 1. The maximum Gasteiger partial charge on any atom is 0.128 e. The van der Waals surface area contributed by atoms with Gasteiger partial charge in [-0.3, -0.25) is 0 Å². The molecule has 7 heteroatoms. The molecular weight excluding hydrogens is 417 g/mol. The number of hydrogen-bond acceptors (Lipinski definition) is 4. The molecule has 0 spiro atoms. The van der Waals surface area contributed by atoms with E-state index in [1.54, 1.807) is 6.21 Å². The fourth-order valence-corrected chi connectivity index (χ4v) is 3.83.